The van der Waals surface area contributed by atoms with Gasteiger partial charge in [0.25, 0.3) is 0 Å². The number of phenols is 1. The molecule has 0 aromatic heterocycles. The molecule has 0 saturated heterocycles. The van der Waals surface area contributed by atoms with Crippen molar-refractivity contribution in [1.82, 2.24) is 0 Å². The lowest BCUT2D eigenvalue weighted by atomic mass is 9.78. The minimum Gasteiger partial charge on any atom is -0.508 e. The monoisotopic (exact) mass is 220 g/mol. The van der Waals surface area contributed by atoms with Gasteiger partial charge < -0.3 is 14.9 Å². The second kappa shape index (κ2) is 3.67. The first kappa shape index (κ1) is 9.97. The van der Waals surface area contributed by atoms with Gasteiger partial charge in [0, 0.05) is 5.92 Å². The van der Waals surface area contributed by atoms with Crippen LogP contribution >= 0.6 is 0 Å². The van der Waals surface area contributed by atoms with Crippen LogP contribution in [0.3, 0.4) is 0 Å². The molecule has 3 rings (SSSR count). The number of rotatable bonds is 0. The normalized spacial score (nSPS) is 32.4. The molecule has 86 valence electrons. The summed E-state index contributed by atoms with van der Waals surface area (Å²) in [4.78, 5) is 0. The van der Waals surface area contributed by atoms with Crippen LogP contribution in [0.15, 0.2) is 18.2 Å². The maximum absolute atomic E-state index is 9.96. The summed E-state index contributed by atoms with van der Waals surface area (Å²) < 4.78 is 5.89. The van der Waals surface area contributed by atoms with E-state index in [0.29, 0.717) is 0 Å². The fraction of sp³-hybridized carbons (Fsp3) is 0.538. The molecule has 2 aliphatic rings. The van der Waals surface area contributed by atoms with Crippen LogP contribution in [0.1, 0.15) is 24.8 Å². The van der Waals surface area contributed by atoms with Crippen LogP contribution in [-0.4, -0.2) is 22.4 Å². The number of benzene rings is 1. The third kappa shape index (κ3) is 1.55. The van der Waals surface area contributed by atoms with Crippen molar-refractivity contribution in [3.05, 3.63) is 23.8 Å². The molecule has 0 spiro atoms. The van der Waals surface area contributed by atoms with Crippen molar-refractivity contribution in [2.45, 2.75) is 37.9 Å². The molecule has 1 saturated carbocycles. The summed E-state index contributed by atoms with van der Waals surface area (Å²) in [7, 11) is 0. The van der Waals surface area contributed by atoms with Gasteiger partial charge in [-0.1, -0.05) is 0 Å². The Morgan fingerprint density at radius 1 is 1.25 bits per heavy atom. The number of aromatic hydroxyl groups is 1. The molecule has 1 aromatic rings. The lowest BCUT2D eigenvalue weighted by Gasteiger charge is -2.39. The Morgan fingerprint density at radius 3 is 3.00 bits per heavy atom. The van der Waals surface area contributed by atoms with Crippen LogP contribution in [0, 0.1) is 5.92 Å². The third-order valence-electron chi connectivity index (χ3n) is 3.74. The summed E-state index contributed by atoms with van der Waals surface area (Å²) in [5.74, 6) is 1.34. The van der Waals surface area contributed by atoms with E-state index in [1.807, 2.05) is 6.07 Å². The van der Waals surface area contributed by atoms with Crippen LogP contribution in [0.25, 0.3) is 0 Å². The molecule has 0 unspecified atom stereocenters. The summed E-state index contributed by atoms with van der Waals surface area (Å²) in [6.45, 7) is 0. The molecule has 1 fully saturated rings. The first-order valence-electron chi connectivity index (χ1n) is 5.90. The van der Waals surface area contributed by atoms with Gasteiger partial charge in [-0.05, 0) is 49.4 Å². The van der Waals surface area contributed by atoms with Crippen LogP contribution in [0.5, 0.6) is 11.5 Å². The minimum atomic E-state index is -0.255. The molecule has 3 heteroatoms. The number of aliphatic hydroxyl groups is 1. The van der Waals surface area contributed by atoms with Gasteiger partial charge in [0.2, 0.25) is 0 Å². The van der Waals surface area contributed by atoms with Crippen LogP contribution in [0.4, 0.5) is 0 Å². The molecule has 1 heterocycles. The lowest BCUT2D eigenvalue weighted by molar-refractivity contribution is -0.0210. The molecule has 0 radical (unpaired) electrons. The highest BCUT2D eigenvalue weighted by Gasteiger charge is 2.37. The highest BCUT2D eigenvalue weighted by Crippen LogP contribution is 2.39. The van der Waals surface area contributed by atoms with Gasteiger partial charge in [0.1, 0.15) is 17.6 Å². The minimum absolute atomic E-state index is 0.154. The fourth-order valence-corrected chi connectivity index (χ4v) is 2.88. The standard InChI is InChI=1S/C13H16O3/c14-9-4-5-12-8(6-9)7-10-11(15)2-1-3-13(10)16-12/h4-6,10-11,13-15H,1-3,7H2/t10-,11+,13-/m1/s1. The predicted octanol–water partition coefficient (Wildman–Crippen LogP) is 1.86. The Labute approximate surface area is 94.7 Å². The molecule has 0 amide bonds. The van der Waals surface area contributed by atoms with E-state index in [1.54, 1.807) is 12.1 Å². The zero-order valence-electron chi connectivity index (χ0n) is 9.10. The van der Waals surface area contributed by atoms with E-state index < -0.39 is 0 Å². The first-order chi connectivity index (χ1) is 7.74. The van der Waals surface area contributed by atoms with Crippen molar-refractivity contribution in [2.75, 3.05) is 0 Å². The van der Waals surface area contributed by atoms with Crippen molar-refractivity contribution in [3.63, 3.8) is 0 Å². The van der Waals surface area contributed by atoms with E-state index in [-0.39, 0.29) is 23.9 Å². The molecule has 2 N–H and O–H groups in total. The van der Waals surface area contributed by atoms with Crippen LogP contribution in [-0.2, 0) is 6.42 Å². The summed E-state index contributed by atoms with van der Waals surface area (Å²) >= 11 is 0. The van der Waals surface area contributed by atoms with Crippen molar-refractivity contribution >= 4 is 0 Å². The van der Waals surface area contributed by atoms with Gasteiger partial charge in [-0.25, -0.2) is 0 Å². The Kier molecular flexibility index (Phi) is 2.28. The maximum Gasteiger partial charge on any atom is 0.123 e. The highest BCUT2D eigenvalue weighted by atomic mass is 16.5. The average Bonchev–Trinajstić information content (AvgIpc) is 2.28. The van der Waals surface area contributed by atoms with Crippen molar-refractivity contribution < 1.29 is 14.9 Å². The maximum atomic E-state index is 9.96. The van der Waals surface area contributed by atoms with E-state index in [9.17, 15) is 10.2 Å². The first-order valence-corrected chi connectivity index (χ1v) is 5.90. The fourth-order valence-electron chi connectivity index (χ4n) is 2.88. The van der Waals surface area contributed by atoms with E-state index in [0.717, 1.165) is 37.0 Å². The van der Waals surface area contributed by atoms with Gasteiger partial charge >= 0.3 is 0 Å². The molecule has 1 aromatic carbocycles. The number of fused-ring (bicyclic) bond motifs is 2. The van der Waals surface area contributed by atoms with Crippen molar-refractivity contribution in [3.8, 4) is 11.5 Å². The van der Waals surface area contributed by atoms with Crippen molar-refractivity contribution in [2.24, 2.45) is 5.92 Å². The number of ether oxygens (including phenoxy) is 1. The largest absolute Gasteiger partial charge is 0.508 e. The molecule has 3 atom stereocenters. The highest BCUT2D eigenvalue weighted by molar-refractivity contribution is 5.41. The Hall–Kier alpha value is -1.22. The number of phenolic OH excluding ortho intramolecular Hbond substituents is 1. The average molecular weight is 220 g/mol. The van der Waals surface area contributed by atoms with Crippen LogP contribution in [0.2, 0.25) is 0 Å². The number of hydrogen-bond acceptors (Lipinski definition) is 3. The molecule has 16 heavy (non-hydrogen) atoms. The number of hydrogen-bond donors (Lipinski definition) is 2. The summed E-state index contributed by atoms with van der Waals surface area (Å²) in [5, 5.41) is 19.4. The van der Waals surface area contributed by atoms with E-state index in [1.165, 1.54) is 0 Å². The lowest BCUT2D eigenvalue weighted by Crippen LogP contribution is -2.43. The summed E-state index contributed by atoms with van der Waals surface area (Å²) in [5.41, 5.74) is 1.02. The predicted molar refractivity (Wildman–Crippen MR) is 59.6 cm³/mol. The Morgan fingerprint density at radius 2 is 2.12 bits per heavy atom. The summed E-state index contributed by atoms with van der Waals surface area (Å²) in [6, 6.07) is 5.22. The van der Waals surface area contributed by atoms with Gasteiger partial charge in [0.15, 0.2) is 0 Å². The second-order valence-corrected chi connectivity index (χ2v) is 4.81. The van der Waals surface area contributed by atoms with Crippen LogP contribution < -0.4 is 4.74 Å². The Balaban J connectivity index is 1.93. The molecular formula is C13H16O3. The van der Waals surface area contributed by atoms with E-state index in [4.69, 9.17) is 4.74 Å². The zero-order chi connectivity index (χ0) is 11.1. The molecule has 0 bridgehead atoms. The molecular weight excluding hydrogens is 204 g/mol. The van der Waals surface area contributed by atoms with E-state index >= 15 is 0 Å². The smallest absolute Gasteiger partial charge is 0.123 e. The number of aliphatic hydroxyl groups excluding tert-OH is 1. The Bertz CT molecular complexity index is 402. The third-order valence-corrected chi connectivity index (χ3v) is 3.74. The zero-order valence-corrected chi connectivity index (χ0v) is 9.10. The molecule has 1 aliphatic heterocycles. The SMILES string of the molecule is Oc1ccc2c(c1)C[C@@H]1[C@@H](O)CCC[C@H]1O2. The van der Waals surface area contributed by atoms with Gasteiger partial charge in [-0.3, -0.25) is 0 Å². The molecule has 1 aliphatic carbocycles. The quantitative estimate of drug-likeness (QED) is 0.701. The van der Waals surface area contributed by atoms with Gasteiger partial charge in [0.05, 0.1) is 6.10 Å². The summed E-state index contributed by atoms with van der Waals surface area (Å²) in [6.07, 6.45) is 3.65. The van der Waals surface area contributed by atoms with Crippen molar-refractivity contribution in [1.29, 1.82) is 0 Å². The van der Waals surface area contributed by atoms with Gasteiger partial charge in [-0.15, -0.1) is 0 Å². The topological polar surface area (TPSA) is 49.7 Å². The van der Waals surface area contributed by atoms with Gasteiger partial charge in [-0.2, -0.15) is 0 Å². The van der Waals surface area contributed by atoms with E-state index in [2.05, 4.69) is 0 Å². The molecule has 3 nitrogen and oxygen atoms in total. The second-order valence-electron chi connectivity index (χ2n) is 4.81.